The van der Waals surface area contributed by atoms with E-state index in [2.05, 4.69) is 5.32 Å². The molecule has 0 aliphatic heterocycles. The number of rotatable bonds is 6. The Balaban J connectivity index is 1.92. The highest BCUT2D eigenvalue weighted by atomic mass is 16.4. The SMILES string of the molecule is O=C(O)c1ccccc1CNCC(O)c1ccccc1. The Morgan fingerprint density at radius 2 is 1.70 bits per heavy atom. The maximum atomic E-state index is 11.1. The van der Waals surface area contributed by atoms with Crippen LogP contribution >= 0.6 is 0 Å². The minimum atomic E-state index is -0.939. The van der Waals surface area contributed by atoms with Crippen LogP contribution in [0.3, 0.4) is 0 Å². The average Bonchev–Trinajstić information content (AvgIpc) is 2.48. The summed E-state index contributed by atoms with van der Waals surface area (Å²) in [5.41, 5.74) is 1.83. The zero-order chi connectivity index (χ0) is 14.4. The minimum absolute atomic E-state index is 0.286. The van der Waals surface area contributed by atoms with E-state index < -0.39 is 12.1 Å². The molecule has 0 saturated carbocycles. The van der Waals surface area contributed by atoms with Crippen LogP contribution in [0.1, 0.15) is 27.6 Å². The molecule has 2 aromatic carbocycles. The second kappa shape index (κ2) is 6.84. The smallest absolute Gasteiger partial charge is 0.336 e. The molecule has 0 radical (unpaired) electrons. The lowest BCUT2D eigenvalue weighted by Gasteiger charge is -2.13. The van der Waals surface area contributed by atoms with Gasteiger partial charge in [-0.25, -0.2) is 4.79 Å². The summed E-state index contributed by atoms with van der Waals surface area (Å²) in [5, 5.41) is 22.2. The first kappa shape index (κ1) is 14.2. The van der Waals surface area contributed by atoms with Gasteiger partial charge in [-0.3, -0.25) is 0 Å². The van der Waals surface area contributed by atoms with Gasteiger partial charge in [0.2, 0.25) is 0 Å². The molecular formula is C16H17NO3. The molecule has 2 rings (SSSR count). The van der Waals surface area contributed by atoms with Crippen LogP contribution in [0.25, 0.3) is 0 Å². The van der Waals surface area contributed by atoms with Gasteiger partial charge in [0, 0.05) is 13.1 Å². The molecule has 2 aromatic rings. The molecule has 4 nitrogen and oxygen atoms in total. The van der Waals surface area contributed by atoms with Gasteiger partial charge in [0.15, 0.2) is 0 Å². The van der Waals surface area contributed by atoms with Crippen molar-refractivity contribution in [1.82, 2.24) is 5.32 Å². The third kappa shape index (κ3) is 3.66. The van der Waals surface area contributed by atoms with Gasteiger partial charge in [0.25, 0.3) is 0 Å². The predicted octanol–water partition coefficient (Wildman–Crippen LogP) is 2.21. The van der Waals surface area contributed by atoms with Gasteiger partial charge in [-0.15, -0.1) is 0 Å². The summed E-state index contributed by atoms with van der Waals surface area (Å²) in [4.78, 5) is 11.1. The summed E-state index contributed by atoms with van der Waals surface area (Å²) in [5.74, 6) is -0.939. The zero-order valence-electron chi connectivity index (χ0n) is 11.0. The van der Waals surface area contributed by atoms with Gasteiger partial charge in [-0.1, -0.05) is 48.5 Å². The van der Waals surface area contributed by atoms with E-state index in [9.17, 15) is 9.90 Å². The molecule has 0 heterocycles. The monoisotopic (exact) mass is 271 g/mol. The molecule has 0 fully saturated rings. The fourth-order valence-electron chi connectivity index (χ4n) is 2.02. The minimum Gasteiger partial charge on any atom is -0.478 e. The predicted molar refractivity (Wildman–Crippen MR) is 76.5 cm³/mol. The van der Waals surface area contributed by atoms with Crippen LogP contribution < -0.4 is 5.32 Å². The van der Waals surface area contributed by atoms with E-state index in [1.165, 1.54) is 0 Å². The molecular weight excluding hydrogens is 254 g/mol. The lowest BCUT2D eigenvalue weighted by atomic mass is 10.1. The Morgan fingerprint density at radius 3 is 2.40 bits per heavy atom. The van der Waals surface area contributed by atoms with Crippen LogP contribution in [-0.4, -0.2) is 22.7 Å². The maximum Gasteiger partial charge on any atom is 0.336 e. The number of carboxylic acids is 1. The standard InChI is InChI=1S/C16H17NO3/c18-15(12-6-2-1-3-7-12)11-17-10-13-8-4-5-9-14(13)16(19)20/h1-9,15,17-18H,10-11H2,(H,19,20). The summed E-state index contributed by atoms with van der Waals surface area (Å²) in [6.07, 6.45) is -0.604. The number of hydrogen-bond acceptors (Lipinski definition) is 3. The Kier molecular flexibility index (Phi) is 4.87. The van der Waals surface area contributed by atoms with Crippen molar-refractivity contribution in [2.45, 2.75) is 12.6 Å². The van der Waals surface area contributed by atoms with Crippen molar-refractivity contribution in [3.05, 3.63) is 71.3 Å². The summed E-state index contributed by atoms with van der Waals surface area (Å²) in [7, 11) is 0. The Bertz CT molecular complexity index is 569. The first-order valence-electron chi connectivity index (χ1n) is 6.43. The summed E-state index contributed by atoms with van der Waals surface area (Å²) in [6.45, 7) is 0.782. The number of aliphatic hydroxyl groups is 1. The van der Waals surface area contributed by atoms with Crippen LogP contribution in [0.2, 0.25) is 0 Å². The molecule has 0 spiro atoms. The molecule has 0 aromatic heterocycles. The number of nitrogens with one attached hydrogen (secondary N) is 1. The molecule has 4 heteroatoms. The van der Waals surface area contributed by atoms with Crippen LogP contribution in [-0.2, 0) is 6.54 Å². The quantitative estimate of drug-likeness (QED) is 0.753. The molecule has 3 N–H and O–H groups in total. The summed E-state index contributed by atoms with van der Waals surface area (Å²) < 4.78 is 0. The van der Waals surface area contributed by atoms with Gasteiger partial charge in [-0.2, -0.15) is 0 Å². The molecule has 0 aliphatic carbocycles. The van der Waals surface area contributed by atoms with E-state index in [1.54, 1.807) is 24.3 Å². The molecule has 0 aliphatic rings. The van der Waals surface area contributed by atoms with Gasteiger partial charge < -0.3 is 15.5 Å². The summed E-state index contributed by atoms with van der Waals surface area (Å²) >= 11 is 0. The van der Waals surface area contributed by atoms with Crippen LogP contribution in [0.4, 0.5) is 0 Å². The normalized spacial score (nSPS) is 12.1. The van der Waals surface area contributed by atoms with Crippen molar-refractivity contribution >= 4 is 5.97 Å². The number of carbonyl (C=O) groups is 1. The van der Waals surface area contributed by atoms with Crippen LogP contribution in [0.5, 0.6) is 0 Å². The van der Waals surface area contributed by atoms with Crippen molar-refractivity contribution in [2.75, 3.05) is 6.54 Å². The summed E-state index contributed by atoms with van der Waals surface area (Å²) in [6, 6.07) is 16.2. The second-order valence-electron chi connectivity index (χ2n) is 4.52. The van der Waals surface area contributed by atoms with Crippen LogP contribution in [0, 0.1) is 0 Å². The lowest BCUT2D eigenvalue weighted by molar-refractivity contribution is 0.0695. The van der Waals surface area contributed by atoms with Gasteiger partial charge >= 0.3 is 5.97 Å². The van der Waals surface area contributed by atoms with Gasteiger partial charge in [0.1, 0.15) is 0 Å². The first-order chi connectivity index (χ1) is 9.68. The zero-order valence-corrected chi connectivity index (χ0v) is 11.0. The highest BCUT2D eigenvalue weighted by molar-refractivity contribution is 5.89. The number of benzene rings is 2. The molecule has 104 valence electrons. The molecule has 0 bridgehead atoms. The van der Waals surface area contributed by atoms with E-state index in [0.29, 0.717) is 18.7 Å². The average molecular weight is 271 g/mol. The second-order valence-corrected chi connectivity index (χ2v) is 4.52. The van der Waals surface area contributed by atoms with Gasteiger partial charge in [0.05, 0.1) is 11.7 Å². The van der Waals surface area contributed by atoms with E-state index in [0.717, 1.165) is 5.56 Å². The highest BCUT2D eigenvalue weighted by Crippen LogP contribution is 2.12. The fourth-order valence-corrected chi connectivity index (χ4v) is 2.02. The number of aliphatic hydroxyl groups excluding tert-OH is 1. The fraction of sp³-hybridized carbons (Fsp3) is 0.188. The molecule has 20 heavy (non-hydrogen) atoms. The number of aromatic carboxylic acids is 1. The molecule has 0 saturated heterocycles. The van der Waals surface area contributed by atoms with Crippen molar-refractivity contribution in [3.63, 3.8) is 0 Å². The maximum absolute atomic E-state index is 11.1. The van der Waals surface area contributed by atoms with Gasteiger partial charge in [-0.05, 0) is 17.2 Å². The van der Waals surface area contributed by atoms with Crippen molar-refractivity contribution in [3.8, 4) is 0 Å². The third-order valence-electron chi connectivity index (χ3n) is 3.09. The van der Waals surface area contributed by atoms with E-state index >= 15 is 0 Å². The Morgan fingerprint density at radius 1 is 1.05 bits per heavy atom. The van der Waals surface area contributed by atoms with E-state index in [-0.39, 0.29) is 5.56 Å². The largest absolute Gasteiger partial charge is 0.478 e. The van der Waals surface area contributed by atoms with E-state index in [1.807, 2.05) is 30.3 Å². The third-order valence-corrected chi connectivity index (χ3v) is 3.09. The highest BCUT2D eigenvalue weighted by Gasteiger charge is 2.10. The topological polar surface area (TPSA) is 69.6 Å². The molecule has 0 amide bonds. The van der Waals surface area contributed by atoms with E-state index in [4.69, 9.17) is 5.11 Å². The van der Waals surface area contributed by atoms with Crippen LogP contribution in [0.15, 0.2) is 54.6 Å². The Labute approximate surface area is 117 Å². The number of hydrogen-bond donors (Lipinski definition) is 3. The lowest BCUT2D eigenvalue weighted by Crippen LogP contribution is -2.22. The van der Waals surface area contributed by atoms with Crippen molar-refractivity contribution in [1.29, 1.82) is 0 Å². The Hall–Kier alpha value is -2.17. The molecule has 1 unspecified atom stereocenters. The van der Waals surface area contributed by atoms with Crippen molar-refractivity contribution < 1.29 is 15.0 Å². The number of carboxylic acid groups (broad SMARTS) is 1. The first-order valence-corrected chi connectivity index (χ1v) is 6.43. The van der Waals surface area contributed by atoms with Crippen molar-refractivity contribution in [2.24, 2.45) is 0 Å². The molecule has 1 atom stereocenters.